The van der Waals surface area contributed by atoms with Crippen LogP contribution >= 0.6 is 0 Å². The summed E-state index contributed by atoms with van der Waals surface area (Å²) in [7, 11) is 0. The molecule has 0 aromatic rings. The van der Waals surface area contributed by atoms with Gasteiger partial charge in [-0.05, 0) is 37.0 Å². The van der Waals surface area contributed by atoms with Crippen molar-refractivity contribution < 1.29 is 4.79 Å². The summed E-state index contributed by atoms with van der Waals surface area (Å²) in [6.07, 6.45) is 4.32. The van der Waals surface area contributed by atoms with Crippen molar-refractivity contribution in [3.8, 4) is 0 Å². The van der Waals surface area contributed by atoms with Crippen molar-refractivity contribution in [3.05, 3.63) is 0 Å². The smallest absolute Gasteiger partial charge is 0.219 e. The molecule has 3 nitrogen and oxygen atoms in total. The van der Waals surface area contributed by atoms with Gasteiger partial charge in [0.1, 0.15) is 0 Å². The number of nitrogens with one attached hydrogen (secondary N) is 1. The number of nitrogens with two attached hydrogens (primary N) is 1. The van der Waals surface area contributed by atoms with Gasteiger partial charge in [-0.25, -0.2) is 0 Å². The molecule has 1 amide bonds. The number of fused-ring (bicyclic) bond motifs is 1. The lowest BCUT2D eigenvalue weighted by Gasteiger charge is -2.37. The van der Waals surface area contributed by atoms with Gasteiger partial charge in [-0.15, -0.1) is 0 Å². The van der Waals surface area contributed by atoms with Crippen LogP contribution in [-0.4, -0.2) is 18.5 Å². The van der Waals surface area contributed by atoms with Gasteiger partial charge in [-0.2, -0.15) is 0 Å². The minimum atomic E-state index is 0.175. The van der Waals surface area contributed by atoms with Crippen LogP contribution in [0.3, 0.4) is 0 Å². The molecule has 2 aliphatic rings. The van der Waals surface area contributed by atoms with Crippen LogP contribution in [0, 0.1) is 17.8 Å². The van der Waals surface area contributed by atoms with Crippen LogP contribution in [0.1, 0.15) is 32.6 Å². The van der Waals surface area contributed by atoms with E-state index in [1.807, 2.05) is 6.92 Å². The van der Waals surface area contributed by atoms with E-state index >= 15 is 0 Å². The van der Waals surface area contributed by atoms with E-state index in [-0.39, 0.29) is 5.91 Å². The first kappa shape index (κ1) is 9.97. The third-order valence-electron chi connectivity index (χ3n) is 3.88. The summed E-state index contributed by atoms with van der Waals surface area (Å²) in [6.45, 7) is 2.76. The number of hydrogen-bond acceptors (Lipinski definition) is 2. The predicted octanol–water partition coefficient (Wildman–Crippen LogP) is 0.886. The topological polar surface area (TPSA) is 55.1 Å². The average Bonchev–Trinajstić information content (AvgIpc) is 2.51. The van der Waals surface area contributed by atoms with E-state index in [0.717, 1.165) is 18.4 Å². The molecular weight excluding hydrogens is 176 g/mol. The molecule has 0 saturated heterocycles. The summed E-state index contributed by atoms with van der Waals surface area (Å²) in [5.41, 5.74) is 5.92. The van der Waals surface area contributed by atoms with Crippen LogP contribution in [0.4, 0.5) is 0 Å². The van der Waals surface area contributed by atoms with Gasteiger partial charge in [0.15, 0.2) is 0 Å². The standard InChI is InChI=1S/C11H20N2O/c1-2-11(14)13-6-7-3-8-5-10(12)9(8)4-7/h7-10H,2-6,12H2,1H3,(H,13,14). The van der Waals surface area contributed by atoms with Gasteiger partial charge in [0.2, 0.25) is 5.91 Å². The van der Waals surface area contributed by atoms with Gasteiger partial charge in [0.25, 0.3) is 0 Å². The van der Waals surface area contributed by atoms with Gasteiger partial charge in [-0.1, -0.05) is 6.92 Å². The Morgan fingerprint density at radius 1 is 1.43 bits per heavy atom. The van der Waals surface area contributed by atoms with Crippen LogP contribution in [0.5, 0.6) is 0 Å². The second-order valence-corrected chi connectivity index (χ2v) is 4.82. The molecule has 0 spiro atoms. The molecular formula is C11H20N2O. The SMILES string of the molecule is CCC(=O)NCC1CC2CC(N)C2C1. The first-order valence-electron chi connectivity index (χ1n) is 5.73. The molecule has 4 atom stereocenters. The van der Waals surface area contributed by atoms with Gasteiger partial charge >= 0.3 is 0 Å². The van der Waals surface area contributed by atoms with Crippen molar-refractivity contribution in [1.29, 1.82) is 0 Å². The molecule has 0 heterocycles. The van der Waals surface area contributed by atoms with E-state index in [2.05, 4.69) is 5.32 Å². The summed E-state index contributed by atoms with van der Waals surface area (Å²) in [4.78, 5) is 11.1. The number of carbonyl (C=O) groups excluding carboxylic acids is 1. The summed E-state index contributed by atoms with van der Waals surface area (Å²) in [5.74, 6) is 2.50. The number of carbonyl (C=O) groups is 1. The maximum atomic E-state index is 11.1. The Labute approximate surface area is 85.4 Å². The Bertz CT molecular complexity index is 229. The molecule has 14 heavy (non-hydrogen) atoms. The zero-order chi connectivity index (χ0) is 10.1. The lowest BCUT2D eigenvalue weighted by atomic mass is 9.72. The normalized spacial score (nSPS) is 40.1. The van der Waals surface area contributed by atoms with Crippen molar-refractivity contribution in [1.82, 2.24) is 5.32 Å². The first-order valence-corrected chi connectivity index (χ1v) is 5.73. The fourth-order valence-corrected chi connectivity index (χ4v) is 2.95. The van der Waals surface area contributed by atoms with Gasteiger partial charge in [-0.3, -0.25) is 4.79 Å². The van der Waals surface area contributed by atoms with Crippen molar-refractivity contribution >= 4 is 5.91 Å². The van der Waals surface area contributed by atoms with Crippen LogP contribution in [0.2, 0.25) is 0 Å². The van der Waals surface area contributed by atoms with E-state index < -0.39 is 0 Å². The number of amides is 1. The third kappa shape index (κ3) is 1.78. The van der Waals surface area contributed by atoms with Crippen LogP contribution in [0.15, 0.2) is 0 Å². The predicted molar refractivity (Wildman–Crippen MR) is 55.6 cm³/mol. The summed E-state index contributed by atoms with van der Waals surface area (Å²) in [5, 5.41) is 2.98. The third-order valence-corrected chi connectivity index (χ3v) is 3.88. The summed E-state index contributed by atoms with van der Waals surface area (Å²) < 4.78 is 0. The molecule has 2 fully saturated rings. The maximum Gasteiger partial charge on any atom is 0.219 e. The first-order chi connectivity index (χ1) is 6.70. The lowest BCUT2D eigenvalue weighted by Crippen LogP contribution is -2.44. The van der Waals surface area contributed by atoms with Crippen molar-refractivity contribution in [2.24, 2.45) is 23.5 Å². The van der Waals surface area contributed by atoms with Crippen molar-refractivity contribution in [2.75, 3.05) is 6.54 Å². The highest BCUT2D eigenvalue weighted by Gasteiger charge is 2.45. The maximum absolute atomic E-state index is 11.1. The molecule has 80 valence electrons. The highest BCUT2D eigenvalue weighted by Crippen LogP contribution is 2.48. The van der Waals surface area contributed by atoms with Crippen molar-refractivity contribution in [3.63, 3.8) is 0 Å². The second-order valence-electron chi connectivity index (χ2n) is 4.82. The minimum Gasteiger partial charge on any atom is -0.356 e. The molecule has 0 aromatic heterocycles. The number of rotatable bonds is 3. The van der Waals surface area contributed by atoms with Crippen LogP contribution in [-0.2, 0) is 4.79 Å². The molecule has 2 rings (SSSR count). The fraction of sp³-hybridized carbons (Fsp3) is 0.909. The molecule has 0 bridgehead atoms. The molecule has 2 saturated carbocycles. The van der Waals surface area contributed by atoms with E-state index in [9.17, 15) is 4.79 Å². The van der Waals surface area contributed by atoms with Crippen LogP contribution < -0.4 is 11.1 Å². The molecule has 2 aliphatic carbocycles. The molecule has 0 radical (unpaired) electrons. The molecule has 3 heteroatoms. The molecule has 0 aliphatic heterocycles. The zero-order valence-electron chi connectivity index (χ0n) is 8.83. The lowest BCUT2D eigenvalue weighted by molar-refractivity contribution is -0.120. The number of hydrogen-bond donors (Lipinski definition) is 2. The van der Waals surface area contributed by atoms with Crippen molar-refractivity contribution in [2.45, 2.75) is 38.6 Å². The summed E-state index contributed by atoms with van der Waals surface area (Å²) >= 11 is 0. The Balaban J connectivity index is 1.71. The van der Waals surface area contributed by atoms with Gasteiger partial charge in [0, 0.05) is 19.0 Å². The summed E-state index contributed by atoms with van der Waals surface area (Å²) in [6, 6.07) is 0.451. The molecule has 3 N–H and O–H groups in total. The van der Waals surface area contributed by atoms with Crippen LogP contribution in [0.25, 0.3) is 0 Å². The Hall–Kier alpha value is -0.570. The Morgan fingerprint density at radius 2 is 2.21 bits per heavy atom. The minimum absolute atomic E-state index is 0.175. The Kier molecular flexibility index (Phi) is 2.77. The van der Waals surface area contributed by atoms with Gasteiger partial charge in [0.05, 0.1) is 0 Å². The highest BCUT2D eigenvalue weighted by atomic mass is 16.1. The molecule has 4 unspecified atom stereocenters. The second kappa shape index (κ2) is 3.89. The van der Waals surface area contributed by atoms with Gasteiger partial charge < -0.3 is 11.1 Å². The van der Waals surface area contributed by atoms with E-state index in [1.165, 1.54) is 19.3 Å². The zero-order valence-corrected chi connectivity index (χ0v) is 8.83. The molecule has 0 aromatic carbocycles. The largest absolute Gasteiger partial charge is 0.356 e. The van der Waals surface area contributed by atoms with E-state index in [0.29, 0.717) is 18.4 Å². The average molecular weight is 196 g/mol. The quantitative estimate of drug-likeness (QED) is 0.704. The van der Waals surface area contributed by atoms with E-state index in [1.54, 1.807) is 0 Å². The monoisotopic (exact) mass is 196 g/mol. The highest BCUT2D eigenvalue weighted by molar-refractivity contribution is 5.75. The fourth-order valence-electron chi connectivity index (χ4n) is 2.95. The Morgan fingerprint density at radius 3 is 2.79 bits per heavy atom. The van der Waals surface area contributed by atoms with E-state index in [4.69, 9.17) is 5.73 Å².